The van der Waals surface area contributed by atoms with E-state index in [2.05, 4.69) is 0 Å². The molecule has 3 nitrogen and oxygen atoms in total. The van der Waals surface area contributed by atoms with Gasteiger partial charge in [0.25, 0.3) is 0 Å². The van der Waals surface area contributed by atoms with E-state index in [0.29, 0.717) is 33.4 Å². The van der Waals surface area contributed by atoms with E-state index >= 15 is 0 Å². The molecule has 1 atom stereocenters. The molecule has 0 bridgehead atoms. The molecular weight excluding hydrogens is 251 g/mol. The quantitative estimate of drug-likeness (QED) is 0.729. The van der Waals surface area contributed by atoms with Crippen LogP contribution in [-0.4, -0.2) is 19.0 Å². The molecule has 0 spiro atoms. The van der Waals surface area contributed by atoms with E-state index in [0.717, 1.165) is 5.56 Å². The molecule has 16 heavy (non-hydrogen) atoms. The van der Waals surface area contributed by atoms with Crippen LogP contribution >= 0.6 is 23.2 Å². The van der Waals surface area contributed by atoms with Gasteiger partial charge in [0, 0.05) is 11.1 Å². The molecule has 0 saturated heterocycles. The maximum atomic E-state index is 10.7. The number of rotatable bonds is 1. The van der Waals surface area contributed by atoms with Gasteiger partial charge >= 0.3 is 0 Å². The summed E-state index contributed by atoms with van der Waals surface area (Å²) in [5, 5.41) is 0.902. The lowest BCUT2D eigenvalue weighted by molar-refractivity contribution is -0.115. The summed E-state index contributed by atoms with van der Waals surface area (Å²) in [5.74, 6) is 1.08. The number of carbonyl (C=O) groups is 1. The predicted molar refractivity (Wildman–Crippen MR) is 61.9 cm³/mol. The predicted octanol–water partition coefficient (Wildman–Crippen LogP) is 2.95. The minimum Gasteiger partial charge on any atom is -0.485 e. The van der Waals surface area contributed by atoms with Crippen molar-refractivity contribution >= 4 is 29.5 Å². The molecule has 2 rings (SSSR count). The van der Waals surface area contributed by atoms with E-state index in [1.165, 1.54) is 0 Å². The first-order valence-electron chi connectivity index (χ1n) is 4.79. The van der Waals surface area contributed by atoms with Crippen LogP contribution < -0.4 is 9.47 Å². The van der Waals surface area contributed by atoms with E-state index in [4.69, 9.17) is 32.7 Å². The molecule has 0 aromatic heterocycles. The third kappa shape index (κ3) is 1.64. The molecule has 5 heteroatoms. The number of hydrogen-bond acceptors (Lipinski definition) is 3. The molecule has 86 valence electrons. The Morgan fingerprint density at radius 1 is 1.19 bits per heavy atom. The second kappa shape index (κ2) is 4.15. The van der Waals surface area contributed by atoms with Gasteiger partial charge in [-0.1, -0.05) is 23.2 Å². The Bertz CT molecular complexity index is 457. The number of ether oxygens (including phenoxy) is 2. The van der Waals surface area contributed by atoms with Gasteiger partial charge in [0.15, 0.2) is 23.9 Å². The molecule has 1 aliphatic rings. The SMILES string of the molecule is Cc1c(Cl)c(Cl)c(C)c2c1OCC(C=O)O2. The van der Waals surface area contributed by atoms with Crippen LogP contribution in [0.2, 0.25) is 10.0 Å². The normalized spacial score (nSPS) is 18.4. The Morgan fingerprint density at radius 2 is 1.75 bits per heavy atom. The molecule has 0 saturated carbocycles. The topological polar surface area (TPSA) is 35.5 Å². The number of carbonyl (C=O) groups excluding carboxylic acids is 1. The molecule has 1 aromatic rings. The van der Waals surface area contributed by atoms with Crippen molar-refractivity contribution in [1.29, 1.82) is 0 Å². The Labute approximate surface area is 103 Å². The smallest absolute Gasteiger partial charge is 0.187 e. The van der Waals surface area contributed by atoms with Crippen LogP contribution in [0.1, 0.15) is 11.1 Å². The first kappa shape index (κ1) is 11.6. The fourth-order valence-corrected chi connectivity index (χ4v) is 2.06. The Morgan fingerprint density at radius 3 is 2.31 bits per heavy atom. The van der Waals surface area contributed by atoms with Crippen LogP contribution in [0.15, 0.2) is 0 Å². The molecule has 1 aromatic carbocycles. The summed E-state index contributed by atoms with van der Waals surface area (Å²) in [4.78, 5) is 10.7. The lowest BCUT2D eigenvalue weighted by Gasteiger charge is -2.27. The van der Waals surface area contributed by atoms with Gasteiger partial charge in [-0.2, -0.15) is 0 Å². The van der Waals surface area contributed by atoms with Crippen LogP contribution in [0.4, 0.5) is 0 Å². The number of halogens is 2. The van der Waals surface area contributed by atoms with E-state index in [1.54, 1.807) is 13.8 Å². The minimum atomic E-state index is -0.581. The second-order valence-electron chi connectivity index (χ2n) is 3.64. The van der Waals surface area contributed by atoms with E-state index in [1.807, 2.05) is 0 Å². The van der Waals surface area contributed by atoms with Gasteiger partial charge in [-0.25, -0.2) is 0 Å². The highest BCUT2D eigenvalue weighted by atomic mass is 35.5. The van der Waals surface area contributed by atoms with Gasteiger partial charge in [0.05, 0.1) is 10.0 Å². The Balaban J connectivity index is 2.60. The van der Waals surface area contributed by atoms with Crippen LogP contribution in [0, 0.1) is 13.8 Å². The zero-order valence-electron chi connectivity index (χ0n) is 8.84. The molecule has 0 radical (unpaired) electrons. The Kier molecular flexibility index (Phi) is 3.00. The van der Waals surface area contributed by atoms with Gasteiger partial charge in [-0.15, -0.1) is 0 Å². The van der Waals surface area contributed by atoms with E-state index < -0.39 is 6.10 Å². The standard InChI is InChI=1S/C11H10Cl2O3/c1-5-8(12)9(13)6(2)11-10(5)15-4-7(3-14)16-11/h3,7H,4H2,1-2H3. The molecule has 0 amide bonds. The molecule has 1 heterocycles. The van der Waals surface area contributed by atoms with Crippen molar-refractivity contribution in [3.63, 3.8) is 0 Å². The summed E-state index contributed by atoms with van der Waals surface area (Å²) >= 11 is 12.1. The maximum Gasteiger partial charge on any atom is 0.187 e. The van der Waals surface area contributed by atoms with Gasteiger partial charge in [0.2, 0.25) is 0 Å². The van der Waals surface area contributed by atoms with Crippen LogP contribution in [0.3, 0.4) is 0 Å². The fourth-order valence-electron chi connectivity index (χ4n) is 1.60. The van der Waals surface area contributed by atoms with Crippen LogP contribution in [-0.2, 0) is 4.79 Å². The number of hydrogen-bond donors (Lipinski definition) is 0. The second-order valence-corrected chi connectivity index (χ2v) is 4.40. The highest BCUT2D eigenvalue weighted by molar-refractivity contribution is 6.43. The average Bonchev–Trinajstić information content (AvgIpc) is 2.33. The van der Waals surface area contributed by atoms with Crippen molar-refractivity contribution in [2.24, 2.45) is 0 Å². The largest absolute Gasteiger partial charge is 0.485 e. The molecule has 1 unspecified atom stereocenters. The molecular formula is C11H10Cl2O3. The summed E-state index contributed by atoms with van der Waals surface area (Å²) in [6, 6.07) is 0. The highest BCUT2D eigenvalue weighted by Crippen LogP contribution is 2.45. The first-order valence-corrected chi connectivity index (χ1v) is 5.54. The minimum absolute atomic E-state index is 0.203. The maximum absolute atomic E-state index is 10.7. The summed E-state index contributed by atoms with van der Waals surface area (Å²) in [7, 11) is 0. The zero-order valence-corrected chi connectivity index (χ0v) is 10.4. The average molecular weight is 261 g/mol. The monoisotopic (exact) mass is 260 g/mol. The lowest BCUT2D eigenvalue weighted by Crippen LogP contribution is -2.31. The summed E-state index contributed by atoms with van der Waals surface area (Å²) in [5.41, 5.74) is 1.43. The van der Waals surface area contributed by atoms with Crippen molar-refractivity contribution < 1.29 is 14.3 Å². The van der Waals surface area contributed by atoms with Gasteiger partial charge in [0.1, 0.15) is 6.61 Å². The number of fused-ring (bicyclic) bond motifs is 1. The number of aldehydes is 1. The molecule has 0 fully saturated rings. The van der Waals surface area contributed by atoms with Crippen LogP contribution in [0.5, 0.6) is 11.5 Å². The third-order valence-corrected chi connectivity index (χ3v) is 3.59. The van der Waals surface area contributed by atoms with Crippen molar-refractivity contribution in [3.8, 4) is 11.5 Å². The van der Waals surface area contributed by atoms with Gasteiger partial charge in [-0.3, -0.25) is 4.79 Å². The summed E-state index contributed by atoms with van der Waals surface area (Å²) in [6.07, 6.45) is 0.128. The zero-order chi connectivity index (χ0) is 11.9. The number of benzene rings is 1. The summed E-state index contributed by atoms with van der Waals surface area (Å²) in [6.45, 7) is 3.79. The third-order valence-electron chi connectivity index (χ3n) is 2.55. The van der Waals surface area contributed by atoms with Crippen molar-refractivity contribution in [1.82, 2.24) is 0 Å². The van der Waals surface area contributed by atoms with Gasteiger partial charge in [-0.05, 0) is 13.8 Å². The first-order chi connectivity index (χ1) is 7.56. The van der Waals surface area contributed by atoms with Crippen molar-refractivity contribution in [2.75, 3.05) is 6.61 Å². The summed E-state index contributed by atoms with van der Waals surface area (Å²) < 4.78 is 11.0. The fraction of sp³-hybridized carbons (Fsp3) is 0.364. The van der Waals surface area contributed by atoms with E-state index in [-0.39, 0.29) is 6.61 Å². The highest BCUT2D eigenvalue weighted by Gasteiger charge is 2.27. The molecule has 0 N–H and O–H groups in total. The van der Waals surface area contributed by atoms with E-state index in [9.17, 15) is 4.79 Å². The van der Waals surface area contributed by atoms with Gasteiger partial charge < -0.3 is 9.47 Å². The Hall–Kier alpha value is -0.930. The van der Waals surface area contributed by atoms with Crippen molar-refractivity contribution in [2.45, 2.75) is 20.0 Å². The molecule has 1 aliphatic heterocycles. The van der Waals surface area contributed by atoms with Crippen molar-refractivity contribution in [3.05, 3.63) is 21.2 Å². The van der Waals surface area contributed by atoms with Crippen LogP contribution in [0.25, 0.3) is 0 Å². The molecule has 0 aliphatic carbocycles. The lowest BCUT2D eigenvalue weighted by atomic mass is 10.1.